The zero-order valence-electron chi connectivity index (χ0n) is 11.7. The van der Waals surface area contributed by atoms with E-state index in [-0.39, 0.29) is 29.9 Å². The lowest BCUT2D eigenvalue weighted by Crippen LogP contribution is -2.48. The third-order valence-corrected chi connectivity index (χ3v) is 5.36. The summed E-state index contributed by atoms with van der Waals surface area (Å²) < 4.78 is 4.97. The van der Waals surface area contributed by atoms with Gasteiger partial charge in [-0.1, -0.05) is 0 Å². The Morgan fingerprint density at radius 2 is 1.95 bits per heavy atom. The molecule has 3 fully saturated rings. The Bertz CT molecular complexity index is 501. The SMILES string of the molecule is CC1CC2(CC3CCC(C2)N3)C(=O)N1C1=CC(=O)OC1. The minimum absolute atomic E-state index is 0.167. The van der Waals surface area contributed by atoms with Crippen molar-refractivity contribution < 1.29 is 14.3 Å². The molecule has 0 aliphatic carbocycles. The lowest BCUT2D eigenvalue weighted by molar-refractivity contribution is -0.138. The number of hydrogen-bond acceptors (Lipinski definition) is 4. The number of rotatable bonds is 1. The second kappa shape index (κ2) is 4.07. The number of nitrogens with one attached hydrogen (secondary N) is 1. The fourth-order valence-electron chi connectivity index (χ4n) is 4.71. The number of amides is 1. The monoisotopic (exact) mass is 276 g/mol. The normalized spacial score (nSPS) is 43.4. The van der Waals surface area contributed by atoms with Crippen LogP contribution in [0.15, 0.2) is 11.8 Å². The van der Waals surface area contributed by atoms with E-state index in [2.05, 4.69) is 12.2 Å². The molecule has 3 atom stereocenters. The molecule has 0 aromatic rings. The van der Waals surface area contributed by atoms with Crippen LogP contribution < -0.4 is 5.32 Å². The van der Waals surface area contributed by atoms with Crippen molar-refractivity contribution in [1.29, 1.82) is 0 Å². The first-order valence-corrected chi connectivity index (χ1v) is 7.54. The van der Waals surface area contributed by atoms with Gasteiger partial charge in [0.2, 0.25) is 5.91 Å². The Balaban J connectivity index is 1.63. The van der Waals surface area contributed by atoms with Gasteiger partial charge < -0.3 is 15.0 Å². The highest BCUT2D eigenvalue weighted by Gasteiger charge is 2.56. The maximum Gasteiger partial charge on any atom is 0.333 e. The molecular weight excluding hydrogens is 256 g/mol. The molecule has 0 aromatic carbocycles. The van der Waals surface area contributed by atoms with E-state index in [0.29, 0.717) is 12.1 Å². The summed E-state index contributed by atoms with van der Waals surface area (Å²) in [4.78, 5) is 26.1. The molecule has 20 heavy (non-hydrogen) atoms. The van der Waals surface area contributed by atoms with Crippen molar-refractivity contribution in [3.8, 4) is 0 Å². The summed E-state index contributed by atoms with van der Waals surface area (Å²) in [7, 11) is 0. The highest BCUT2D eigenvalue weighted by molar-refractivity contribution is 5.91. The van der Waals surface area contributed by atoms with Crippen LogP contribution in [0.1, 0.15) is 39.0 Å². The second-order valence-corrected chi connectivity index (χ2v) is 6.80. The Hall–Kier alpha value is -1.36. The second-order valence-electron chi connectivity index (χ2n) is 6.80. The van der Waals surface area contributed by atoms with E-state index in [1.165, 1.54) is 18.9 Å². The number of piperidine rings is 1. The average Bonchev–Trinajstić information content (AvgIpc) is 3.01. The largest absolute Gasteiger partial charge is 0.456 e. The fourth-order valence-corrected chi connectivity index (χ4v) is 4.71. The van der Waals surface area contributed by atoms with Crippen molar-refractivity contribution in [3.05, 3.63) is 11.8 Å². The summed E-state index contributed by atoms with van der Waals surface area (Å²) in [6.07, 6.45) is 6.67. The van der Waals surface area contributed by atoms with E-state index in [9.17, 15) is 9.59 Å². The van der Waals surface area contributed by atoms with Crippen LogP contribution in [-0.4, -0.2) is 41.5 Å². The van der Waals surface area contributed by atoms with Crippen LogP contribution in [0, 0.1) is 5.41 Å². The van der Waals surface area contributed by atoms with Crippen LogP contribution in [0.2, 0.25) is 0 Å². The summed E-state index contributed by atoms with van der Waals surface area (Å²) in [5.41, 5.74) is 0.540. The van der Waals surface area contributed by atoms with Crippen molar-refractivity contribution >= 4 is 11.9 Å². The van der Waals surface area contributed by atoms with Crippen molar-refractivity contribution in [2.24, 2.45) is 5.41 Å². The third-order valence-electron chi connectivity index (χ3n) is 5.36. The number of carbonyl (C=O) groups is 2. The van der Waals surface area contributed by atoms with E-state index in [1.807, 2.05) is 4.90 Å². The minimum Gasteiger partial charge on any atom is -0.456 e. The van der Waals surface area contributed by atoms with Gasteiger partial charge in [-0.05, 0) is 39.0 Å². The maximum absolute atomic E-state index is 13.0. The van der Waals surface area contributed by atoms with Gasteiger partial charge in [-0.25, -0.2) is 4.79 Å². The fraction of sp³-hybridized carbons (Fsp3) is 0.733. The van der Waals surface area contributed by atoms with Gasteiger partial charge in [0.1, 0.15) is 6.61 Å². The molecule has 0 radical (unpaired) electrons. The standard InChI is InChI=1S/C15H20N2O3/c1-9-5-15(6-10-2-3-11(7-15)16-10)14(19)17(9)12-4-13(18)20-8-12/h4,9-11,16H,2-3,5-8H2,1H3. The molecule has 3 unspecified atom stereocenters. The van der Waals surface area contributed by atoms with Crippen molar-refractivity contribution in [3.63, 3.8) is 0 Å². The molecule has 0 saturated carbocycles. The molecule has 2 bridgehead atoms. The van der Waals surface area contributed by atoms with Crippen LogP contribution in [0.4, 0.5) is 0 Å². The maximum atomic E-state index is 13.0. The van der Waals surface area contributed by atoms with E-state index >= 15 is 0 Å². The Morgan fingerprint density at radius 3 is 2.55 bits per heavy atom. The Labute approximate surface area is 118 Å². The van der Waals surface area contributed by atoms with E-state index in [0.717, 1.165) is 25.0 Å². The Morgan fingerprint density at radius 1 is 1.25 bits per heavy atom. The molecule has 1 spiro atoms. The molecule has 5 nitrogen and oxygen atoms in total. The van der Waals surface area contributed by atoms with Gasteiger partial charge in [0, 0.05) is 24.2 Å². The highest BCUT2D eigenvalue weighted by atomic mass is 16.5. The molecular formula is C15H20N2O3. The molecule has 0 aromatic heterocycles. The number of nitrogens with zero attached hydrogens (tertiary/aromatic N) is 1. The number of hydrogen-bond donors (Lipinski definition) is 1. The molecule has 1 N–H and O–H groups in total. The quantitative estimate of drug-likeness (QED) is 0.724. The summed E-state index contributed by atoms with van der Waals surface area (Å²) >= 11 is 0. The third kappa shape index (κ3) is 1.65. The van der Waals surface area contributed by atoms with E-state index in [1.54, 1.807) is 0 Å². The molecule has 4 heterocycles. The molecule has 4 rings (SSSR count). The summed E-state index contributed by atoms with van der Waals surface area (Å²) in [5.74, 6) is -0.112. The number of ether oxygens (including phenoxy) is 1. The zero-order chi connectivity index (χ0) is 13.9. The predicted molar refractivity (Wildman–Crippen MR) is 71.6 cm³/mol. The van der Waals surface area contributed by atoms with Gasteiger partial charge >= 0.3 is 5.97 Å². The topological polar surface area (TPSA) is 58.6 Å². The first-order valence-electron chi connectivity index (χ1n) is 7.54. The lowest BCUT2D eigenvalue weighted by Gasteiger charge is -2.36. The summed E-state index contributed by atoms with van der Waals surface area (Å²) in [6, 6.07) is 1.17. The number of cyclic esters (lactones) is 1. The highest BCUT2D eigenvalue weighted by Crippen LogP contribution is 2.50. The molecule has 3 saturated heterocycles. The predicted octanol–water partition coefficient (Wildman–Crippen LogP) is 0.949. The van der Waals surface area contributed by atoms with Crippen molar-refractivity contribution in [2.75, 3.05) is 6.61 Å². The number of likely N-dealkylation sites (tertiary alicyclic amines) is 1. The molecule has 108 valence electrons. The van der Waals surface area contributed by atoms with Gasteiger partial charge in [0.05, 0.1) is 11.1 Å². The number of fused-ring (bicyclic) bond motifs is 2. The molecule has 5 heteroatoms. The van der Waals surface area contributed by atoms with Gasteiger partial charge in [-0.15, -0.1) is 0 Å². The van der Waals surface area contributed by atoms with Crippen LogP contribution in [-0.2, 0) is 14.3 Å². The van der Waals surface area contributed by atoms with Gasteiger partial charge in [-0.2, -0.15) is 0 Å². The molecule has 4 aliphatic heterocycles. The van der Waals surface area contributed by atoms with E-state index < -0.39 is 0 Å². The summed E-state index contributed by atoms with van der Waals surface area (Å²) in [5, 5.41) is 3.60. The van der Waals surface area contributed by atoms with E-state index in [4.69, 9.17) is 4.74 Å². The van der Waals surface area contributed by atoms with Gasteiger partial charge in [0.25, 0.3) is 0 Å². The Kier molecular flexibility index (Phi) is 2.52. The first kappa shape index (κ1) is 12.4. The molecule has 4 aliphatic rings. The van der Waals surface area contributed by atoms with Gasteiger partial charge in [-0.3, -0.25) is 4.79 Å². The smallest absolute Gasteiger partial charge is 0.333 e. The lowest BCUT2D eigenvalue weighted by atomic mass is 9.73. The minimum atomic E-state index is -0.327. The van der Waals surface area contributed by atoms with Crippen LogP contribution in [0.3, 0.4) is 0 Å². The first-order chi connectivity index (χ1) is 9.57. The summed E-state index contributed by atoms with van der Waals surface area (Å²) in [6.45, 7) is 2.33. The molecule has 1 amide bonds. The number of esters is 1. The van der Waals surface area contributed by atoms with Crippen LogP contribution in [0.25, 0.3) is 0 Å². The van der Waals surface area contributed by atoms with Crippen molar-refractivity contribution in [2.45, 2.75) is 57.2 Å². The van der Waals surface area contributed by atoms with Crippen LogP contribution in [0.5, 0.6) is 0 Å². The zero-order valence-corrected chi connectivity index (χ0v) is 11.7. The van der Waals surface area contributed by atoms with Crippen molar-refractivity contribution in [1.82, 2.24) is 10.2 Å². The number of carbonyl (C=O) groups excluding carboxylic acids is 2. The average molecular weight is 276 g/mol. The van der Waals surface area contributed by atoms with Crippen LogP contribution >= 0.6 is 0 Å². The van der Waals surface area contributed by atoms with Gasteiger partial charge in [0.15, 0.2) is 0 Å².